The van der Waals surface area contributed by atoms with Crippen molar-refractivity contribution in [1.82, 2.24) is 5.32 Å². The van der Waals surface area contributed by atoms with Crippen LogP contribution in [0.3, 0.4) is 0 Å². The molecule has 1 aliphatic heterocycles. The number of benzene rings is 1. The van der Waals surface area contributed by atoms with Crippen LogP contribution in [0.5, 0.6) is 11.5 Å². The molecule has 1 aromatic carbocycles. The zero-order valence-corrected chi connectivity index (χ0v) is 9.66. The van der Waals surface area contributed by atoms with Gasteiger partial charge in [0.15, 0.2) is 11.5 Å². The molecule has 1 saturated heterocycles. The van der Waals surface area contributed by atoms with Gasteiger partial charge in [-0.15, -0.1) is 0 Å². The van der Waals surface area contributed by atoms with Crippen molar-refractivity contribution in [1.29, 1.82) is 0 Å². The molecule has 1 atom stereocenters. The quantitative estimate of drug-likeness (QED) is 0.840. The smallest absolute Gasteiger partial charge is 0.165 e. The maximum Gasteiger partial charge on any atom is 0.165 e. The molecule has 1 aliphatic rings. The minimum atomic E-state index is 0.179. The number of morpholine rings is 1. The summed E-state index contributed by atoms with van der Waals surface area (Å²) < 4.78 is 16.1. The van der Waals surface area contributed by atoms with E-state index in [2.05, 4.69) is 5.32 Å². The van der Waals surface area contributed by atoms with Gasteiger partial charge in [0.2, 0.25) is 0 Å². The molecule has 0 aliphatic carbocycles. The van der Waals surface area contributed by atoms with Crippen molar-refractivity contribution in [3.05, 3.63) is 23.8 Å². The Labute approximate surface area is 95.5 Å². The fraction of sp³-hybridized carbons (Fsp3) is 0.500. The van der Waals surface area contributed by atoms with Crippen molar-refractivity contribution >= 4 is 0 Å². The molecule has 0 aromatic heterocycles. The molecule has 4 heteroatoms. The van der Waals surface area contributed by atoms with Crippen LogP contribution in [0.2, 0.25) is 0 Å². The Morgan fingerprint density at radius 2 is 2.19 bits per heavy atom. The molecule has 2 rings (SSSR count). The second kappa shape index (κ2) is 5.18. The van der Waals surface area contributed by atoms with Crippen molar-refractivity contribution < 1.29 is 14.2 Å². The molecule has 1 unspecified atom stereocenters. The van der Waals surface area contributed by atoms with Crippen LogP contribution < -0.4 is 14.8 Å². The van der Waals surface area contributed by atoms with E-state index >= 15 is 0 Å². The number of nitrogens with one attached hydrogen (secondary N) is 1. The summed E-state index contributed by atoms with van der Waals surface area (Å²) in [5, 5.41) is 3.40. The lowest BCUT2D eigenvalue weighted by atomic mass is 10.0. The molecule has 0 spiro atoms. The van der Waals surface area contributed by atoms with Crippen LogP contribution in [0.4, 0.5) is 0 Å². The fourth-order valence-corrected chi connectivity index (χ4v) is 1.95. The van der Waals surface area contributed by atoms with Gasteiger partial charge in [0.25, 0.3) is 0 Å². The van der Waals surface area contributed by atoms with E-state index in [1.165, 1.54) is 0 Å². The number of para-hydroxylation sites is 1. The van der Waals surface area contributed by atoms with Gasteiger partial charge in [-0.3, -0.25) is 0 Å². The Kier molecular flexibility index (Phi) is 3.64. The van der Waals surface area contributed by atoms with Gasteiger partial charge in [0.1, 0.15) is 0 Å². The van der Waals surface area contributed by atoms with E-state index in [0.717, 1.165) is 30.2 Å². The number of ether oxygens (including phenoxy) is 3. The van der Waals surface area contributed by atoms with Gasteiger partial charge in [0, 0.05) is 12.1 Å². The summed E-state index contributed by atoms with van der Waals surface area (Å²) in [7, 11) is 3.30. The zero-order valence-electron chi connectivity index (χ0n) is 9.66. The maximum absolute atomic E-state index is 5.45. The SMILES string of the molecule is COc1cccc(C2COCCN2)c1OC. The van der Waals surface area contributed by atoms with Crippen molar-refractivity contribution in [2.24, 2.45) is 0 Å². The third-order valence-corrected chi connectivity index (χ3v) is 2.73. The van der Waals surface area contributed by atoms with E-state index in [9.17, 15) is 0 Å². The first kappa shape index (κ1) is 11.2. The minimum absolute atomic E-state index is 0.179. The third kappa shape index (κ3) is 2.13. The molecule has 1 heterocycles. The third-order valence-electron chi connectivity index (χ3n) is 2.73. The molecule has 16 heavy (non-hydrogen) atoms. The van der Waals surface area contributed by atoms with E-state index in [1.807, 2.05) is 18.2 Å². The van der Waals surface area contributed by atoms with Gasteiger partial charge in [-0.05, 0) is 6.07 Å². The molecule has 0 amide bonds. The lowest BCUT2D eigenvalue weighted by Gasteiger charge is -2.26. The standard InChI is InChI=1S/C12H17NO3/c1-14-11-5-3-4-9(12(11)15-2)10-8-16-7-6-13-10/h3-5,10,13H,6-8H2,1-2H3. The van der Waals surface area contributed by atoms with Crippen LogP contribution >= 0.6 is 0 Å². The van der Waals surface area contributed by atoms with Crippen LogP contribution in [0.15, 0.2) is 18.2 Å². The van der Waals surface area contributed by atoms with E-state index in [0.29, 0.717) is 6.61 Å². The largest absolute Gasteiger partial charge is 0.493 e. The van der Waals surface area contributed by atoms with Crippen LogP contribution in [0.25, 0.3) is 0 Å². The molecule has 0 saturated carbocycles. The molecule has 1 N–H and O–H groups in total. The summed E-state index contributed by atoms with van der Waals surface area (Å²) in [5.41, 5.74) is 1.08. The molecule has 88 valence electrons. The Morgan fingerprint density at radius 1 is 1.31 bits per heavy atom. The van der Waals surface area contributed by atoms with E-state index in [1.54, 1.807) is 14.2 Å². The highest BCUT2D eigenvalue weighted by molar-refractivity contribution is 5.48. The Morgan fingerprint density at radius 3 is 2.81 bits per heavy atom. The zero-order chi connectivity index (χ0) is 11.4. The minimum Gasteiger partial charge on any atom is -0.493 e. The molecular formula is C12H17NO3. The number of hydrogen-bond acceptors (Lipinski definition) is 4. The van der Waals surface area contributed by atoms with E-state index < -0.39 is 0 Å². The van der Waals surface area contributed by atoms with Crippen LogP contribution in [0, 0.1) is 0 Å². The van der Waals surface area contributed by atoms with Crippen molar-refractivity contribution in [3.63, 3.8) is 0 Å². The average molecular weight is 223 g/mol. The Balaban J connectivity index is 2.30. The van der Waals surface area contributed by atoms with Gasteiger partial charge in [-0.2, -0.15) is 0 Å². The number of rotatable bonds is 3. The normalized spacial score (nSPS) is 20.5. The van der Waals surface area contributed by atoms with Crippen molar-refractivity contribution in [2.75, 3.05) is 34.0 Å². The molecule has 0 bridgehead atoms. The van der Waals surface area contributed by atoms with Crippen LogP contribution in [-0.4, -0.2) is 34.0 Å². The first-order valence-corrected chi connectivity index (χ1v) is 5.39. The Bertz CT molecular complexity index is 348. The fourth-order valence-electron chi connectivity index (χ4n) is 1.95. The summed E-state index contributed by atoms with van der Waals surface area (Å²) in [6.45, 7) is 2.30. The van der Waals surface area contributed by atoms with Gasteiger partial charge in [-0.1, -0.05) is 12.1 Å². The molecule has 1 aromatic rings. The second-order valence-electron chi connectivity index (χ2n) is 3.66. The molecular weight excluding hydrogens is 206 g/mol. The highest BCUT2D eigenvalue weighted by atomic mass is 16.5. The predicted molar refractivity (Wildman–Crippen MR) is 61.1 cm³/mol. The first-order valence-electron chi connectivity index (χ1n) is 5.39. The average Bonchev–Trinajstić information content (AvgIpc) is 2.38. The van der Waals surface area contributed by atoms with E-state index in [4.69, 9.17) is 14.2 Å². The molecule has 0 radical (unpaired) electrons. The van der Waals surface area contributed by atoms with Crippen molar-refractivity contribution in [3.8, 4) is 11.5 Å². The highest BCUT2D eigenvalue weighted by Crippen LogP contribution is 2.35. The molecule has 1 fully saturated rings. The monoisotopic (exact) mass is 223 g/mol. The van der Waals surface area contributed by atoms with Gasteiger partial charge >= 0.3 is 0 Å². The van der Waals surface area contributed by atoms with Gasteiger partial charge < -0.3 is 19.5 Å². The maximum atomic E-state index is 5.45. The van der Waals surface area contributed by atoms with Crippen molar-refractivity contribution in [2.45, 2.75) is 6.04 Å². The second-order valence-corrected chi connectivity index (χ2v) is 3.66. The summed E-state index contributed by atoms with van der Waals surface area (Å²) in [5.74, 6) is 1.54. The first-order chi connectivity index (χ1) is 7.86. The summed E-state index contributed by atoms with van der Waals surface area (Å²) >= 11 is 0. The summed E-state index contributed by atoms with van der Waals surface area (Å²) in [6, 6.07) is 6.07. The number of hydrogen-bond donors (Lipinski definition) is 1. The predicted octanol–water partition coefficient (Wildman–Crippen LogP) is 1.36. The molecule has 4 nitrogen and oxygen atoms in total. The Hall–Kier alpha value is -1.26. The van der Waals surface area contributed by atoms with Gasteiger partial charge in [-0.25, -0.2) is 0 Å². The van der Waals surface area contributed by atoms with Crippen LogP contribution in [-0.2, 0) is 4.74 Å². The lowest BCUT2D eigenvalue weighted by molar-refractivity contribution is 0.0759. The van der Waals surface area contributed by atoms with Crippen LogP contribution in [0.1, 0.15) is 11.6 Å². The summed E-state index contributed by atoms with van der Waals surface area (Å²) in [4.78, 5) is 0. The topological polar surface area (TPSA) is 39.7 Å². The summed E-state index contributed by atoms with van der Waals surface area (Å²) in [6.07, 6.45) is 0. The number of methoxy groups -OCH3 is 2. The van der Waals surface area contributed by atoms with E-state index in [-0.39, 0.29) is 6.04 Å². The highest BCUT2D eigenvalue weighted by Gasteiger charge is 2.20. The lowest BCUT2D eigenvalue weighted by Crippen LogP contribution is -2.34. The van der Waals surface area contributed by atoms with Gasteiger partial charge in [0.05, 0.1) is 33.5 Å².